The number of halogens is 1. The zero-order valence-electron chi connectivity index (χ0n) is 10.8. The minimum absolute atomic E-state index is 0.108. The van der Waals surface area contributed by atoms with Crippen LogP contribution in [0, 0.1) is 5.82 Å². The Morgan fingerprint density at radius 1 is 1.50 bits per heavy atom. The number of carboxylic acid groups (broad SMARTS) is 1. The summed E-state index contributed by atoms with van der Waals surface area (Å²) in [5, 5.41) is 16.9. The third-order valence-corrected chi connectivity index (χ3v) is 3.57. The number of rotatable bonds is 5. The molecule has 0 saturated heterocycles. The maximum atomic E-state index is 13.7. The lowest BCUT2D eigenvalue weighted by Crippen LogP contribution is -2.01. The van der Waals surface area contributed by atoms with E-state index < -0.39 is 11.8 Å². The molecule has 0 aliphatic heterocycles. The molecule has 0 saturated carbocycles. The first-order valence-electron chi connectivity index (χ1n) is 5.61. The topological polar surface area (TPSA) is 77.2 Å². The summed E-state index contributed by atoms with van der Waals surface area (Å²) >= 11 is 1.05. The zero-order chi connectivity index (χ0) is 14.7. The number of ether oxygens (including phenoxy) is 1. The average molecular weight is 297 g/mol. The Kier molecular flexibility index (Phi) is 4.23. The van der Waals surface area contributed by atoms with Gasteiger partial charge in [-0.15, -0.1) is 10.2 Å². The van der Waals surface area contributed by atoms with Crippen LogP contribution in [0.25, 0.3) is 11.4 Å². The van der Waals surface area contributed by atoms with E-state index in [1.807, 2.05) is 0 Å². The van der Waals surface area contributed by atoms with E-state index in [2.05, 4.69) is 10.2 Å². The largest absolute Gasteiger partial charge is 0.494 e. The second kappa shape index (κ2) is 5.91. The number of aliphatic carboxylic acids is 1. The Balaban J connectivity index is 2.29. The van der Waals surface area contributed by atoms with E-state index in [1.165, 1.54) is 19.2 Å². The normalized spacial score (nSPS) is 10.6. The molecule has 20 heavy (non-hydrogen) atoms. The van der Waals surface area contributed by atoms with E-state index >= 15 is 0 Å². The van der Waals surface area contributed by atoms with Crippen LogP contribution in [-0.4, -0.2) is 38.7 Å². The molecule has 0 aliphatic carbocycles. The van der Waals surface area contributed by atoms with Gasteiger partial charge in [0.1, 0.15) is 0 Å². The Morgan fingerprint density at radius 2 is 2.25 bits per heavy atom. The first-order valence-corrected chi connectivity index (χ1v) is 6.59. The van der Waals surface area contributed by atoms with Gasteiger partial charge in [0, 0.05) is 12.6 Å². The van der Waals surface area contributed by atoms with Crippen LogP contribution in [0.1, 0.15) is 0 Å². The van der Waals surface area contributed by atoms with Crippen molar-refractivity contribution in [3.8, 4) is 17.1 Å². The van der Waals surface area contributed by atoms with Crippen molar-refractivity contribution in [2.45, 2.75) is 5.16 Å². The molecule has 1 aromatic heterocycles. The fraction of sp³-hybridized carbons (Fsp3) is 0.250. The summed E-state index contributed by atoms with van der Waals surface area (Å²) in [6.07, 6.45) is 0. The minimum atomic E-state index is -0.935. The molecule has 106 valence electrons. The third kappa shape index (κ3) is 2.90. The van der Waals surface area contributed by atoms with Crippen LogP contribution in [-0.2, 0) is 11.8 Å². The summed E-state index contributed by atoms with van der Waals surface area (Å²) in [5.41, 5.74) is 0.542. The molecule has 0 atom stereocenters. The monoisotopic (exact) mass is 297 g/mol. The van der Waals surface area contributed by atoms with Crippen molar-refractivity contribution >= 4 is 17.7 Å². The van der Waals surface area contributed by atoms with Gasteiger partial charge in [0.05, 0.1) is 12.9 Å². The summed E-state index contributed by atoms with van der Waals surface area (Å²) in [4.78, 5) is 10.5. The molecule has 2 aromatic rings. The van der Waals surface area contributed by atoms with Crippen LogP contribution < -0.4 is 4.74 Å². The molecule has 0 spiro atoms. The average Bonchev–Trinajstić information content (AvgIpc) is 2.77. The van der Waals surface area contributed by atoms with Crippen LogP contribution in [0.4, 0.5) is 4.39 Å². The molecular weight excluding hydrogens is 285 g/mol. The number of benzene rings is 1. The van der Waals surface area contributed by atoms with Crippen LogP contribution in [0.5, 0.6) is 5.75 Å². The second-order valence-corrected chi connectivity index (χ2v) is 4.84. The van der Waals surface area contributed by atoms with Crippen LogP contribution in [0.15, 0.2) is 23.4 Å². The maximum Gasteiger partial charge on any atom is 0.313 e. The summed E-state index contributed by atoms with van der Waals surface area (Å²) in [5.74, 6) is -0.929. The smallest absolute Gasteiger partial charge is 0.313 e. The summed E-state index contributed by atoms with van der Waals surface area (Å²) in [6.45, 7) is 0. The highest BCUT2D eigenvalue weighted by Gasteiger charge is 2.14. The molecular formula is C12H12FN3O3S. The van der Waals surface area contributed by atoms with Gasteiger partial charge in [-0.25, -0.2) is 4.39 Å². The number of hydrogen-bond acceptors (Lipinski definition) is 5. The van der Waals surface area contributed by atoms with E-state index in [0.29, 0.717) is 16.5 Å². The van der Waals surface area contributed by atoms with Gasteiger partial charge in [-0.1, -0.05) is 11.8 Å². The lowest BCUT2D eigenvalue weighted by atomic mass is 10.2. The molecule has 0 unspecified atom stereocenters. The lowest BCUT2D eigenvalue weighted by molar-refractivity contribution is -0.133. The number of thioether (sulfide) groups is 1. The lowest BCUT2D eigenvalue weighted by Gasteiger charge is -2.05. The van der Waals surface area contributed by atoms with Crippen LogP contribution >= 0.6 is 11.8 Å². The molecule has 0 amide bonds. The van der Waals surface area contributed by atoms with Gasteiger partial charge in [0.15, 0.2) is 22.5 Å². The highest BCUT2D eigenvalue weighted by atomic mass is 32.2. The molecule has 1 N–H and O–H groups in total. The van der Waals surface area contributed by atoms with Crippen molar-refractivity contribution in [3.05, 3.63) is 24.0 Å². The molecule has 0 bridgehead atoms. The highest BCUT2D eigenvalue weighted by molar-refractivity contribution is 7.99. The van der Waals surface area contributed by atoms with Gasteiger partial charge in [0.25, 0.3) is 0 Å². The zero-order valence-corrected chi connectivity index (χ0v) is 11.6. The predicted octanol–water partition coefficient (Wildman–Crippen LogP) is 1.81. The number of hydrogen-bond donors (Lipinski definition) is 1. The molecule has 2 rings (SSSR count). The Labute approximate surface area is 118 Å². The van der Waals surface area contributed by atoms with E-state index in [0.717, 1.165) is 11.8 Å². The van der Waals surface area contributed by atoms with Crippen molar-refractivity contribution in [2.75, 3.05) is 12.9 Å². The number of carboxylic acids is 1. The minimum Gasteiger partial charge on any atom is -0.494 e. The third-order valence-electron chi connectivity index (χ3n) is 2.57. The predicted molar refractivity (Wildman–Crippen MR) is 71.3 cm³/mol. The highest BCUT2D eigenvalue weighted by Crippen LogP contribution is 2.26. The van der Waals surface area contributed by atoms with Crippen molar-refractivity contribution in [1.82, 2.24) is 14.8 Å². The Morgan fingerprint density at radius 3 is 2.85 bits per heavy atom. The Bertz CT molecular complexity index is 645. The first-order chi connectivity index (χ1) is 9.52. The van der Waals surface area contributed by atoms with Gasteiger partial charge < -0.3 is 14.4 Å². The van der Waals surface area contributed by atoms with Gasteiger partial charge in [-0.3, -0.25) is 4.79 Å². The molecule has 0 fully saturated rings. The van der Waals surface area contributed by atoms with Crippen molar-refractivity contribution < 1.29 is 19.0 Å². The van der Waals surface area contributed by atoms with Gasteiger partial charge in [0.2, 0.25) is 0 Å². The van der Waals surface area contributed by atoms with Gasteiger partial charge >= 0.3 is 5.97 Å². The summed E-state index contributed by atoms with van der Waals surface area (Å²) in [6, 6.07) is 4.47. The number of methoxy groups -OCH3 is 1. The molecule has 0 aliphatic rings. The van der Waals surface area contributed by atoms with Crippen molar-refractivity contribution in [1.29, 1.82) is 0 Å². The van der Waals surface area contributed by atoms with E-state index in [4.69, 9.17) is 9.84 Å². The fourth-order valence-electron chi connectivity index (χ4n) is 1.62. The number of nitrogens with zero attached hydrogens (tertiary/aromatic N) is 3. The van der Waals surface area contributed by atoms with Crippen molar-refractivity contribution in [3.63, 3.8) is 0 Å². The number of carbonyl (C=O) groups is 1. The number of aromatic nitrogens is 3. The fourth-order valence-corrected chi connectivity index (χ4v) is 2.25. The molecule has 8 heteroatoms. The van der Waals surface area contributed by atoms with Crippen molar-refractivity contribution in [2.24, 2.45) is 7.05 Å². The van der Waals surface area contributed by atoms with Gasteiger partial charge in [-0.2, -0.15) is 0 Å². The molecule has 1 aromatic carbocycles. The standard InChI is InChI=1S/C12H12FN3O3S/c1-16-11(14-15-12(16)20-6-10(17)18)7-3-4-9(19-2)8(13)5-7/h3-5H,6H2,1-2H3,(H,17,18). The van der Waals surface area contributed by atoms with E-state index in [9.17, 15) is 9.18 Å². The van der Waals surface area contributed by atoms with Crippen LogP contribution in [0.2, 0.25) is 0 Å². The second-order valence-electron chi connectivity index (χ2n) is 3.90. The first kappa shape index (κ1) is 14.3. The van der Waals surface area contributed by atoms with E-state index in [1.54, 1.807) is 17.7 Å². The quantitative estimate of drug-likeness (QED) is 0.848. The summed E-state index contributed by atoms with van der Waals surface area (Å²) in [7, 11) is 3.09. The van der Waals surface area contributed by atoms with Gasteiger partial charge in [-0.05, 0) is 18.2 Å². The Hall–Kier alpha value is -2.09. The SMILES string of the molecule is COc1ccc(-c2nnc(SCC(=O)O)n2C)cc1F. The molecule has 0 radical (unpaired) electrons. The van der Waals surface area contributed by atoms with Crippen LogP contribution in [0.3, 0.4) is 0 Å². The maximum absolute atomic E-state index is 13.7. The summed E-state index contributed by atoms with van der Waals surface area (Å²) < 4.78 is 20.1. The molecule has 6 nitrogen and oxygen atoms in total. The molecule has 1 heterocycles. The van der Waals surface area contributed by atoms with E-state index in [-0.39, 0.29) is 11.5 Å².